The third-order valence-electron chi connectivity index (χ3n) is 3.08. The van der Waals surface area contributed by atoms with Crippen LogP contribution in [0.4, 0.5) is 0 Å². The van der Waals surface area contributed by atoms with Crippen LogP contribution in [0, 0.1) is 0 Å². The second-order valence-corrected chi connectivity index (χ2v) is 6.08. The molecule has 6 heteroatoms. The lowest BCUT2D eigenvalue weighted by atomic mass is 10.2. The number of benzene rings is 2. The van der Waals surface area contributed by atoms with Gasteiger partial charge in [-0.1, -0.05) is 29.8 Å². The number of hydrogen-bond donors (Lipinski definition) is 1. The van der Waals surface area contributed by atoms with E-state index in [0.717, 1.165) is 11.6 Å². The summed E-state index contributed by atoms with van der Waals surface area (Å²) in [6.45, 7) is 2.62. The lowest BCUT2D eigenvalue weighted by Gasteiger charge is -2.15. The zero-order chi connectivity index (χ0) is 17.5. The van der Waals surface area contributed by atoms with Crippen molar-refractivity contribution < 1.29 is 19.4 Å². The highest BCUT2D eigenvalue weighted by molar-refractivity contribution is 9.10. The molecule has 2 aromatic carbocycles. The van der Waals surface area contributed by atoms with E-state index < -0.39 is 5.97 Å². The number of carboxylic acid groups (broad SMARTS) is 1. The molecule has 0 saturated heterocycles. The Morgan fingerprint density at radius 2 is 2.04 bits per heavy atom. The summed E-state index contributed by atoms with van der Waals surface area (Å²) in [6.07, 6.45) is 2.56. The fourth-order valence-corrected chi connectivity index (χ4v) is 2.78. The second kappa shape index (κ2) is 8.76. The van der Waals surface area contributed by atoms with Gasteiger partial charge in [-0.15, -0.1) is 0 Å². The van der Waals surface area contributed by atoms with Crippen LogP contribution < -0.4 is 9.47 Å². The smallest absolute Gasteiger partial charge is 0.328 e. The normalized spacial score (nSPS) is 10.8. The number of hydrogen-bond acceptors (Lipinski definition) is 3. The lowest BCUT2D eigenvalue weighted by molar-refractivity contribution is -0.131. The maximum atomic E-state index is 10.7. The minimum Gasteiger partial charge on any atom is -0.490 e. The molecule has 2 aromatic rings. The number of rotatable bonds is 7. The molecular weight excluding hydrogens is 396 g/mol. The number of ether oxygens (including phenoxy) is 2. The third-order valence-corrected chi connectivity index (χ3v) is 4.04. The first-order valence-corrected chi connectivity index (χ1v) is 8.42. The first-order chi connectivity index (χ1) is 11.5. The molecule has 0 aliphatic heterocycles. The molecule has 0 atom stereocenters. The van der Waals surface area contributed by atoms with Crippen molar-refractivity contribution in [1.29, 1.82) is 0 Å². The molecule has 0 heterocycles. The summed E-state index contributed by atoms with van der Waals surface area (Å²) in [7, 11) is 0. The maximum absolute atomic E-state index is 10.7. The van der Waals surface area contributed by atoms with E-state index in [1.54, 1.807) is 18.2 Å². The highest BCUT2D eigenvalue weighted by Gasteiger charge is 2.12. The van der Waals surface area contributed by atoms with Gasteiger partial charge in [0.25, 0.3) is 0 Å². The van der Waals surface area contributed by atoms with Gasteiger partial charge in [-0.05, 0) is 52.7 Å². The summed E-state index contributed by atoms with van der Waals surface area (Å²) < 4.78 is 12.2. The van der Waals surface area contributed by atoms with E-state index in [2.05, 4.69) is 15.9 Å². The fourth-order valence-electron chi connectivity index (χ4n) is 2.02. The topological polar surface area (TPSA) is 55.8 Å². The summed E-state index contributed by atoms with van der Waals surface area (Å²) in [4.78, 5) is 10.7. The molecule has 0 aromatic heterocycles. The van der Waals surface area contributed by atoms with E-state index in [4.69, 9.17) is 26.2 Å². The monoisotopic (exact) mass is 410 g/mol. The van der Waals surface area contributed by atoms with Gasteiger partial charge in [0.05, 0.1) is 11.1 Å². The molecule has 0 amide bonds. The Hall–Kier alpha value is -1.98. The van der Waals surface area contributed by atoms with Crippen LogP contribution in [-0.2, 0) is 11.4 Å². The quantitative estimate of drug-likeness (QED) is 0.638. The van der Waals surface area contributed by atoms with Crippen LogP contribution >= 0.6 is 27.5 Å². The SMILES string of the molecule is CCOc1cc(/C=C/C(=O)O)cc(Br)c1OCc1ccccc1Cl. The van der Waals surface area contributed by atoms with E-state index in [1.165, 1.54) is 6.08 Å². The van der Waals surface area contributed by atoms with Gasteiger partial charge in [-0.25, -0.2) is 4.79 Å². The summed E-state index contributed by atoms with van der Waals surface area (Å²) in [5, 5.41) is 9.37. The fraction of sp³-hybridized carbons (Fsp3) is 0.167. The summed E-state index contributed by atoms with van der Waals surface area (Å²) in [5.74, 6) is 0.0661. The van der Waals surface area contributed by atoms with Gasteiger partial charge in [-0.3, -0.25) is 0 Å². The highest BCUT2D eigenvalue weighted by atomic mass is 79.9. The van der Waals surface area contributed by atoms with Crippen LogP contribution in [0.3, 0.4) is 0 Å². The first kappa shape index (κ1) is 18.4. The average molecular weight is 412 g/mol. The van der Waals surface area contributed by atoms with Gasteiger partial charge in [0.2, 0.25) is 0 Å². The van der Waals surface area contributed by atoms with Crippen LogP contribution in [0.1, 0.15) is 18.1 Å². The number of aliphatic carboxylic acids is 1. The molecule has 0 aliphatic rings. The molecule has 0 saturated carbocycles. The second-order valence-electron chi connectivity index (χ2n) is 4.81. The molecule has 24 heavy (non-hydrogen) atoms. The van der Waals surface area contributed by atoms with Crippen molar-refractivity contribution in [2.75, 3.05) is 6.61 Å². The van der Waals surface area contributed by atoms with Crippen LogP contribution in [0.5, 0.6) is 11.5 Å². The predicted molar refractivity (Wildman–Crippen MR) is 97.8 cm³/mol. The van der Waals surface area contributed by atoms with Gasteiger partial charge in [0.15, 0.2) is 11.5 Å². The average Bonchev–Trinajstić information content (AvgIpc) is 2.54. The molecule has 0 aliphatic carbocycles. The van der Waals surface area contributed by atoms with Gasteiger partial charge in [-0.2, -0.15) is 0 Å². The summed E-state index contributed by atoms with van der Waals surface area (Å²) in [5.41, 5.74) is 1.56. The molecule has 0 spiro atoms. The van der Waals surface area contributed by atoms with Gasteiger partial charge < -0.3 is 14.6 Å². The number of carbonyl (C=O) groups is 1. The van der Waals surface area contributed by atoms with Crippen molar-refractivity contribution in [3.63, 3.8) is 0 Å². The van der Waals surface area contributed by atoms with Crippen LogP contribution in [-0.4, -0.2) is 17.7 Å². The summed E-state index contributed by atoms with van der Waals surface area (Å²) >= 11 is 9.59. The Balaban J connectivity index is 2.27. The Kier molecular flexibility index (Phi) is 6.70. The number of halogens is 2. The van der Waals surface area contributed by atoms with E-state index in [-0.39, 0.29) is 0 Å². The van der Waals surface area contributed by atoms with Gasteiger partial charge in [0, 0.05) is 16.7 Å². The van der Waals surface area contributed by atoms with Crippen LogP contribution in [0.15, 0.2) is 46.9 Å². The van der Waals surface area contributed by atoms with Crippen molar-refractivity contribution in [2.45, 2.75) is 13.5 Å². The molecule has 0 fully saturated rings. The minimum atomic E-state index is -1.01. The highest BCUT2D eigenvalue weighted by Crippen LogP contribution is 2.38. The van der Waals surface area contributed by atoms with E-state index in [9.17, 15) is 4.79 Å². The zero-order valence-corrected chi connectivity index (χ0v) is 15.3. The molecule has 0 bridgehead atoms. The number of carboxylic acids is 1. The zero-order valence-electron chi connectivity index (χ0n) is 13.0. The Morgan fingerprint density at radius 1 is 1.29 bits per heavy atom. The standard InChI is InChI=1S/C18H16BrClO4/c1-2-23-16-10-12(7-8-17(21)22)9-14(19)18(16)24-11-13-5-3-4-6-15(13)20/h3-10H,2,11H2,1H3,(H,21,22)/b8-7+. The van der Waals surface area contributed by atoms with Crippen molar-refractivity contribution in [2.24, 2.45) is 0 Å². The maximum Gasteiger partial charge on any atom is 0.328 e. The Morgan fingerprint density at radius 3 is 2.71 bits per heavy atom. The molecule has 2 rings (SSSR count). The van der Waals surface area contributed by atoms with E-state index in [0.29, 0.717) is 39.8 Å². The largest absolute Gasteiger partial charge is 0.490 e. The van der Waals surface area contributed by atoms with Gasteiger partial charge in [0.1, 0.15) is 6.61 Å². The van der Waals surface area contributed by atoms with E-state index >= 15 is 0 Å². The van der Waals surface area contributed by atoms with Crippen molar-refractivity contribution >= 4 is 39.6 Å². The van der Waals surface area contributed by atoms with Gasteiger partial charge >= 0.3 is 5.97 Å². The molecule has 0 radical (unpaired) electrons. The molecule has 1 N–H and O–H groups in total. The molecule has 0 unspecified atom stereocenters. The Bertz CT molecular complexity index is 759. The van der Waals surface area contributed by atoms with Crippen LogP contribution in [0.25, 0.3) is 6.08 Å². The minimum absolute atomic E-state index is 0.294. The molecule has 4 nitrogen and oxygen atoms in total. The Labute approximate surface area is 153 Å². The first-order valence-electron chi connectivity index (χ1n) is 7.24. The lowest BCUT2D eigenvalue weighted by Crippen LogP contribution is -2.01. The summed E-state index contributed by atoms with van der Waals surface area (Å²) in [6, 6.07) is 10.9. The van der Waals surface area contributed by atoms with E-state index in [1.807, 2.05) is 25.1 Å². The van der Waals surface area contributed by atoms with Crippen LogP contribution in [0.2, 0.25) is 5.02 Å². The predicted octanol–water partition coefficient (Wildman–Crippen LogP) is 5.18. The molecular formula is C18H16BrClO4. The van der Waals surface area contributed by atoms with Crippen molar-refractivity contribution in [1.82, 2.24) is 0 Å². The third kappa shape index (κ3) is 5.01. The van der Waals surface area contributed by atoms with Crippen molar-refractivity contribution in [3.05, 3.63) is 63.1 Å². The van der Waals surface area contributed by atoms with Crippen molar-refractivity contribution in [3.8, 4) is 11.5 Å². The molecule has 126 valence electrons.